The molecule has 0 rings (SSSR count). The van der Waals surface area contributed by atoms with Crippen LogP contribution in [-0.2, 0) is 28.6 Å². The molecule has 0 aromatic heterocycles. The monoisotopic (exact) mass is 1090 g/mol. The normalized spacial score (nSPS) is 13.2. The molecule has 0 N–H and O–H groups in total. The lowest BCUT2D eigenvalue weighted by molar-refractivity contribution is -0.166. The van der Waals surface area contributed by atoms with Crippen LogP contribution in [0.15, 0.2) is 158 Å². The molecule has 6 nitrogen and oxygen atoms in total. The highest BCUT2D eigenvalue weighted by Crippen LogP contribution is 2.15. The standard InChI is InChI=1S/C73H116O6/c1-4-7-10-13-16-18-20-22-24-26-28-29-30-31-32-33-34-35-36-37-38-39-40-41-42-43-45-46-48-50-52-54-57-60-63-66-72(75)78-69-70(68-77-71(74)65-62-59-56-15-12-9-6-3)79-73(76)67-64-61-58-55-53-51-49-47-44-27-25-23-21-19-17-14-11-8-5-2/h7-8,10-11,16-19,22-25,28-29,31-32,34-35,37-38,44,47,51,53,58,61,70H,4-6,9,12-15,20-21,26-27,30,33,36,39-43,45-46,48-50,52,54-57,59-60,62-69H2,1-3H3/b10-7-,11-8-,18-16-,19-17-,24-22-,25-23-,29-28-,32-31-,35-34-,38-37-,47-44-,53-51-,61-58-. The maximum absolute atomic E-state index is 12.8. The number of allylic oxidation sites excluding steroid dienone is 26. The third-order valence-corrected chi connectivity index (χ3v) is 13.0. The van der Waals surface area contributed by atoms with Gasteiger partial charge in [0.2, 0.25) is 0 Å². The molecule has 0 aromatic carbocycles. The van der Waals surface area contributed by atoms with Crippen molar-refractivity contribution in [1.29, 1.82) is 0 Å². The molecular weight excluding hydrogens is 973 g/mol. The summed E-state index contributed by atoms with van der Waals surface area (Å²) in [5, 5.41) is 0. The summed E-state index contributed by atoms with van der Waals surface area (Å²) in [5.41, 5.74) is 0. The maximum Gasteiger partial charge on any atom is 0.306 e. The number of rotatable bonds is 56. The quantitative estimate of drug-likeness (QED) is 0.0261. The van der Waals surface area contributed by atoms with E-state index < -0.39 is 12.1 Å². The number of esters is 3. The van der Waals surface area contributed by atoms with Gasteiger partial charge < -0.3 is 14.2 Å². The van der Waals surface area contributed by atoms with Crippen LogP contribution < -0.4 is 0 Å². The first-order valence-electron chi connectivity index (χ1n) is 32.0. The Bertz CT molecular complexity index is 1780. The Morgan fingerprint density at radius 2 is 0.519 bits per heavy atom. The van der Waals surface area contributed by atoms with E-state index in [2.05, 4.69) is 167 Å². The van der Waals surface area contributed by atoms with E-state index in [1.54, 1.807) is 0 Å². The molecule has 0 aliphatic carbocycles. The van der Waals surface area contributed by atoms with Gasteiger partial charge in [0.1, 0.15) is 13.2 Å². The van der Waals surface area contributed by atoms with E-state index in [1.807, 2.05) is 12.2 Å². The predicted octanol–water partition coefficient (Wildman–Crippen LogP) is 22.1. The van der Waals surface area contributed by atoms with Gasteiger partial charge in [0.25, 0.3) is 0 Å². The van der Waals surface area contributed by atoms with Gasteiger partial charge in [-0.15, -0.1) is 0 Å². The van der Waals surface area contributed by atoms with Crippen LogP contribution in [0.5, 0.6) is 0 Å². The van der Waals surface area contributed by atoms with Crippen molar-refractivity contribution in [3.8, 4) is 0 Å². The zero-order valence-corrected chi connectivity index (χ0v) is 50.8. The number of ether oxygens (including phenoxy) is 3. The van der Waals surface area contributed by atoms with Crippen molar-refractivity contribution in [3.63, 3.8) is 0 Å². The third-order valence-electron chi connectivity index (χ3n) is 13.0. The van der Waals surface area contributed by atoms with Gasteiger partial charge in [-0.2, -0.15) is 0 Å². The number of hydrogen-bond donors (Lipinski definition) is 0. The first kappa shape index (κ1) is 74.0. The van der Waals surface area contributed by atoms with Gasteiger partial charge in [0.15, 0.2) is 6.10 Å². The van der Waals surface area contributed by atoms with Crippen molar-refractivity contribution in [2.45, 2.75) is 271 Å². The van der Waals surface area contributed by atoms with Gasteiger partial charge in [0, 0.05) is 19.3 Å². The van der Waals surface area contributed by atoms with Gasteiger partial charge in [0.05, 0.1) is 0 Å². The van der Waals surface area contributed by atoms with Crippen LogP contribution in [0.2, 0.25) is 0 Å². The molecule has 0 heterocycles. The average Bonchev–Trinajstić information content (AvgIpc) is 3.45. The van der Waals surface area contributed by atoms with Crippen molar-refractivity contribution in [2.24, 2.45) is 0 Å². The predicted molar refractivity (Wildman–Crippen MR) is 343 cm³/mol. The first-order chi connectivity index (χ1) is 39.0. The van der Waals surface area contributed by atoms with E-state index >= 15 is 0 Å². The minimum Gasteiger partial charge on any atom is -0.462 e. The van der Waals surface area contributed by atoms with E-state index in [0.717, 1.165) is 122 Å². The van der Waals surface area contributed by atoms with E-state index in [9.17, 15) is 14.4 Å². The van der Waals surface area contributed by atoms with Gasteiger partial charge in [-0.25, -0.2) is 0 Å². The Morgan fingerprint density at radius 1 is 0.266 bits per heavy atom. The highest BCUT2D eigenvalue weighted by molar-refractivity contribution is 5.71. The largest absolute Gasteiger partial charge is 0.462 e. The average molecular weight is 1090 g/mol. The molecular formula is C73H116O6. The lowest BCUT2D eigenvalue weighted by atomic mass is 10.0. The molecule has 0 aliphatic rings. The molecule has 0 amide bonds. The van der Waals surface area contributed by atoms with Gasteiger partial charge in [-0.05, 0) is 116 Å². The van der Waals surface area contributed by atoms with Gasteiger partial charge in [-0.1, -0.05) is 288 Å². The topological polar surface area (TPSA) is 78.9 Å². The van der Waals surface area contributed by atoms with Gasteiger partial charge >= 0.3 is 17.9 Å². The molecule has 0 radical (unpaired) electrons. The summed E-state index contributed by atoms with van der Waals surface area (Å²) in [5.74, 6) is -1.01. The molecule has 0 spiro atoms. The van der Waals surface area contributed by atoms with Crippen molar-refractivity contribution >= 4 is 17.9 Å². The van der Waals surface area contributed by atoms with E-state index in [0.29, 0.717) is 19.3 Å². The molecule has 0 aliphatic heterocycles. The van der Waals surface area contributed by atoms with E-state index in [4.69, 9.17) is 14.2 Å². The minimum atomic E-state index is -0.822. The molecule has 0 aromatic rings. The van der Waals surface area contributed by atoms with E-state index in [1.165, 1.54) is 96.3 Å². The summed E-state index contributed by atoms with van der Waals surface area (Å²) in [6.07, 6.45) is 95.8. The number of hydrogen-bond acceptors (Lipinski definition) is 6. The first-order valence-corrected chi connectivity index (χ1v) is 32.0. The number of carbonyl (C=O) groups is 3. The van der Waals surface area contributed by atoms with Crippen LogP contribution in [0.4, 0.5) is 0 Å². The van der Waals surface area contributed by atoms with Crippen LogP contribution in [0, 0.1) is 0 Å². The lowest BCUT2D eigenvalue weighted by Gasteiger charge is -2.18. The summed E-state index contributed by atoms with van der Waals surface area (Å²) < 4.78 is 16.7. The summed E-state index contributed by atoms with van der Waals surface area (Å²) in [6, 6.07) is 0. The third kappa shape index (κ3) is 63.7. The molecule has 444 valence electrons. The van der Waals surface area contributed by atoms with Gasteiger partial charge in [-0.3, -0.25) is 14.4 Å². The maximum atomic E-state index is 12.8. The fraction of sp³-hybridized carbons (Fsp3) is 0.603. The van der Waals surface area contributed by atoms with Crippen molar-refractivity contribution < 1.29 is 28.6 Å². The Kier molecular flexibility index (Phi) is 61.4. The molecule has 0 saturated carbocycles. The van der Waals surface area contributed by atoms with Crippen molar-refractivity contribution in [3.05, 3.63) is 158 Å². The molecule has 6 heteroatoms. The molecule has 79 heavy (non-hydrogen) atoms. The molecule has 1 unspecified atom stereocenters. The lowest BCUT2D eigenvalue weighted by Crippen LogP contribution is -2.30. The molecule has 0 bridgehead atoms. The SMILES string of the molecule is CC/C=C\C/C=C\C/C=C\C/C=C\C/C=C\C/C=C\C/C=C\CCCCCCCCCCCCCCCC(=O)OCC(COC(=O)CCCCCCCCC)OC(=O)CC/C=C\C/C=C\C/C=C\C/C=C\C/C=C\C/C=C\CC. The zero-order chi connectivity index (χ0) is 57.1. The van der Waals surface area contributed by atoms with E-state index in [-0.39, 0.29) is 31.6 Å². The smallest absolute Gasteiger partial charge is 0.306 e. The second-order valence-electron chi connectivity index (χ2n) is 20.6. The fourth-order valence-electron chi connectivity index (χ4n) is 8.33. The molecule has 0 fully saturated rings. The summed E-state index contributed by atoms with van der Waals surface area (Å²) in [4.78, 5) is 38.0. The Hall–Kier alpha value is -4.97. The highest BCUT2D eigenvalue weighted by Gasteiger charge is 2.19. The highest BCUT2D eigenvalue weighted by atomic mass is 16.6. The Morgan fingerprint density at radius 3 is 0.823 bits per heavy atom. The second-order valence-corrected chi connectivity index (χ2v) is 20.6. The van der Waals surface area contributed by atoms with Crippen molar-refractivity contribution in [1.82, 2.24) is 0 Å². The molecule has 1 atom stereocenters. The van der Waals surface area contributed by atoms with Crippen molar-refractivity contribution in [2.75, 3.05) is 13.2 Å². The zero-order valence-electron chi connectivity index (χ0n) is 50.8. The van der Waals surface area contributed by atoms with Crippen LogP contribution in [0.3, 0.4) is 0 Å². The minimum absolute atomic E-state index is 0.112. The summed E-state index contributed by atoms with van der Waals surface area (Å²) in [7, 11) is 0. The van der Waals surface area contributed by atoms with Crippen LogP contribution in [-0.4, -0.2) is 37.2 Å². The van der Waals surface area contributed by atoms with Crippen LogP contribution >= 0.6 is 0 Å². The number of unbranched alkanes of at least 4 members (excludes halogenated alkanes) is 19. The molecule has 0 saturated heterocycles. The Labute approximate surface area is 486 Å². The summed E-state index contributed by atoms with van der Waals surface area (Å²) >= 11 is 0. The Balaban J connectivity index is 4.16. The number of carbonyl (C=O) groups excluding carboxylic acids is 3. The summed E-state index contributed by atoms with van der Waals surface area (Å²) in [6.45, 7) is 6.30. The van der Waals surface area contributed by atoms with Crippen LogP contribution in [0.1, 0.15) is 265 Å². The second kappa shape index (κ2) is 65.5. The fourth-order valence-corrected chi connectivity index (χ4v) is 8.33. The van der Waals surface area contributed by atoms with Crippen LogP contribution in [0.25, 0.3) is 0 Å².